The number of rotatable bonds is 3. The third-order valence-corrected chi connectivity index (χ3v) is 4.34. The van der Waals surface area contributed by atoms with E-state index in [9.17, 15) is 0 Å². The molecule has 1 saturated heterocycles. The minimum atomic E-state index is 0.726. The molecule has 3 rings (SSSR count). The minimum absolute atomic E-state index is 0.726. The van der Waals surface area contributed by atoms with Crippen LogP contribution >= 0.6 is 11.8 Å². The van der Waals surface area contributed by atoms with Crippen LogP contribution in [0.3, 0.4) is 0 Å². The Bertz CT molecular complexity index is 517. The number of nitrogens with one attached hydrogen (secondary N) is 1. The second-order valence-corrected chi connectivity index (χ2v) is 5.68. The Hall–Kier alpha value is -1.16. The van der Waals surface area contributed by atoms with Gasteiger partial charge in [-0.05, 0) is 42.0 Å². The number of aryl methyl sites for hydroxylation is 1. The molecule has 1 fully saturated rings. The molecule has 0 amide bonds. The molecule has 1 atom stereocenters. The van der Waals surface area contributed by atoms with Gasteiger partial charge in [-0.1, -0.05) is 0 Å². The first-order chi connectivity index (χ1) is 8.31. The molecular formula is C13H16N2OS. The van der Waals surface area contributed by atoms with Crippen LogP contribution in [0.15, 0.2) is 22.6 Å². The van der Waals surface area contributed by atoms with E-state index in [0.29, 0.717) is 0 Å². The molecule has 17 heavy (non-hydrogen) atoms. The molecule has 1 N–H and O–H groups in total. The van der Waals surface area contributed by atoms with Gasteiger partial charge >= 0.3 is 0 Å². The van der Waals surface area contributed by atoms with Crippen molar-refractivity contribution in [3.8, 4) is 0 Å². The van der Waals surface area contributed by atoms with Gasteiger partial charge in [0.25, 0.3) is 0 Å². The van der Waals surface area contributed by atoms with Gasteiger partial charge in [-0.2, -0.15) is 11.8 Å². The number of benzene rings is 1. The van der Waals surface area contributed by atoms with E-state index in [2.05, 4.69) is 34.2 Å². The number of anilines is 1. The van der Waals surface area contributed by atoms with E-state index in [1.54, 1.807) is 0 Å². The van der Waals surface area contributed by atoms with Crippen molar-refractivity contribution >= 4 is 28.5 Å². The molecule has 1 unspecified atom stereocenters. The summed E-state index contributed by atoms with van der Waals surface area (Å²) in [5.41, 5.74) is 2.94. The van der Waals surface area contributed by atoms with Crippen LogP contribution in [0.4, 0.5) is 5.69 Å². The first-order valence-electron chi connectivity index (χ1n) is 6.00. The van der Waals surface area contributed by atoms with Crippen molar-refractivity contribution in [1.29, 1.82) is 0 Å². The van der Waals surface area contributed by atoms with E-state index in [4.69, 9.17) is 4.42 Å². The molecule has 1 aliphatic heterocycles. The zero-order chi connectivity index (χ0) is 11.7. The molecule has 0 saturated carbocycles. The van der Waals surface area contributed by atoms with Crippen LogP contribution in [0, 0.1) is 12.8 Å². The van der Waals surface area contributed by atoms with Crippen LogP contribution in [-0.2, 0) is 0 Å². The van der Waals surface area contributed by atoms with Gasteiger partial charge in [-0.25, -0.2) is 4.98 Å². The Morgan fingerprint density at radius 1 is 1.53 bits per heavy atom. The smallest absolute Gasteiger partial charge is 0.192 e. The van der Waals surface area contributed by atoms with Crippen LogP contribution in [-0.4, -0.2) is 23.0 Å². The lowest BCUT2D eigenvalue weighted by molar-refractivity contribution is 0.561. The van der Waals surface area contributed by atoms with Gasteiger partial charge in [0.1, 0.15) is 5.52 Å². The highest BCUT2D eigenvalue weighted by molar-refractivity contribution is 7.99. The maximum absolute atomic E-state index is 5.46. The fourth-order valence-corrected chi connectivity index (χ4v) is 3.44. The maximum Gasteiger partial charge on any atom is 0.192 e. The highest BCUT2D eigenvalue weighted by atomic mass is 32.2. The molecule has 1 aromatic heterocycles. The monoisotopic (exact) mass is 248 g/mol. The van der Waals surface area contributed by atoms with Crippen LogP contribution in [0.5, 0.6) is 0 Å². The SMILES string of the molecule is Cc1nc2cc(NCC3CCSC3)ccc2o1. The number of hydrogen-bond acceptors (Lipinski definition) is 4. The van der Waals surface area contributed by atoms with Crippen molar-refractivity contribution in [2.75, 3.05) is 23.4 Å². The summed E-state index contributed by atoms with van der Waals surface area (Å²) in [5, 5.41) is 3.49. The van der Waals surface area contributed by atoms with E-state index in [1.807, 2.05) is 13.0 Å². The molecular weight excluding hydrogens is 232 g/mol. The fourth-order valence-electron chi connectivity index (χ4n) is 2.16. The van der Waals surface area contributed by atoms with Crippen molar-refractivity contribution in [3.05, 3.63) is 24.1 Å². The third-order valence-electron chi connectivity index (χ3n) is 3.11. The molecule has 3 nitrogen and oxygen atoms in total. The average molecular weight is 248 g/mol. The molecule has 0 aliphatic carbocycles. The summed E-state index contributed by atoms with van der Waals surface area (Å²) in [5.74, 6) is 4.14. The molecule has 1 aromatic carbocycles. The molecule has 4 heteroatoms. The summed E-state index contributed by atoms with van der Waals surface area (Å²) >= 11 is 2.06. The summed E-state index contributed by atoms with van der Waals surface area (Å²) < 4.78 is 5.46. The highest BCUT2D eigenvalue weighted by Gasteiger charge is 2.14. The predicted octanol–water partition coefficient (Wildman–Crippen LogP) is 3.30. The average Bonchev–Trinajstić information content (AvgIpc) is 2.92. The van der Waals surface area contributed by atoms with Crippen LogP contribution < -0.4 is 5.32 Å². The van der Waals surface area contributed by atoms with E-state index in [-0.39, 0.29) is 0 Å². The lowest BCUT2D eigenvalue weighted by atomic mass is 10.1. The van der Waals surface area contributed by atoms with Crippen molar-refractivity contribution in [1.82, 2.24) is 4.98 Å². The summed E-state index contributed by atoms with van der Waals surface area (Å²) in [6, 6.07) is 6.12. The van der Waals surface area contributed by atoms with Gasteiger partial charge < -0.3 is 9.73 Å². The Morgan fingerprint density at radius 3 is 3.29 bits per heavy atom. The van der Waals surface area contributed by atoms with Crippen LogP contribution in [0.2, 0.25) is 0 Å². The zero-order valence-electron chi connectivity index (χ0n) is 9.90. The minimum Gasteiger partial charge on any atom is -0.441 e. The summed E-state index contributed by atoms with van der Waals surface area (Å²) in [7, 11) is 0. The summed E-state index contributed by atoms with van der Waals surface area (Å²) in [6.07, 6.45) is 1.34. The molecule has 0 bridgehead atoms. The second kappa shape index (κ2) is 4.61. The number of thioether (sulfide) groups is 1. The van der Waals surface area contributed by atoms with E-state index >= 15 is 0 Å². The summed E-state index contributed by atoms with van der Waals surface area (Å²) in [6.45, 7) is 2.94. The topological polar surface area (TPSA) is 38.1 Å². The van der Waals surface area contributed by atoms with Crippen molar-refractivity contribution in [2.24, 2.45) is 5.92 Å². The molecule has 2 aromatic rings. The largest absolute Gasteiger partial charge is 0.441 e. The molecule has 1 aliphatic rings. The van der Waals surface area contributed by atoms with Crippen molar-refractivity contribution in [3.63, 3.8) is 0 Å². The number of oxazole rings is 1. The number of nitrogens with zero attached hydrogens (tertiary/aromatic N) is 1. The normalized spacial score (nSPS) is 19.9. The number of aromatic nitrogens is 1. The predicted molar refractivity (Wildman–Crippen MR) is 72.7 cm³/mol. The molecule has 2 heterocycles. The van der Waals surface area contributed by atoms with Gasteiger partial charge in [-0.3, -0.25) is 0 Å². The van der Waals surface area contributed by atoms with Crippen LogP contribution in [0.1, 0.15) is 12.3 Å². The highest BCUT2D eigenvalue weighted by Crippen LogP contribution is 2.24. The van der Waals surface area contributed by atoms with Gasteiger partial charge in [0, 0.05) is 19.2 Å². The lowest BCUT2D eigenvalue weighted by Gasteiger charge is -2.10. The first-order valence-corrected chi connectivity index (χ1v) is 7.15. The van der Waals surface area contributed by atoms with E-state index < -0.39 is 0 Å². The molecule has 0 spiro atoms. The van der Waals surface area contributed by atoms with E-state index in [1.165, 1.54) is 17.9 Å². The number of hydrogen-bond donors (Lipinski definition) is 1. The summed E-state index contributed by atoms with van der Waals surface area (Å²) in [4.78, 5) is 4.34. The van der Waals surface area contributed by atoms with Crippen molar-refractivity contribution in [2.45, 2.75) is 13.3 Å². The van der Waals surface area contributed by atoms with E-state index in [0.717, 1.165) is 35.1 Å². The lowest BCUT2D eigenvalue weighted by Crippen LogP contribution is -2.13. The third kappa shape index (κ3) is 2.41. The number of fused-ring (bicyclic) bond motifs is 1. The van der Waals surface area contributed by atoms with Crippen LogP contribution in [0.25, 0.3) is 11.1 Å². The first kappa shape index (κ1) is 11.0. The Balaban J connectivity index is 1.71. The standard InChI is InChI=1S/C13H16N2OS/c1-9-15-12-6-11(2-3-13(12)16-9)14-7-10-4-5-17-8-10/h2-3,6,10,14H,4-5,7-8H2,1H3. The quantitative estimate of drug-likeness (QED) is 0.904. The van der Waals surface area contributed by atoms with Gasteiger partial charge in [0.15, 0.2) is 11.5 Å². The Morgan fingerprint density at radius 2 is 2.47 bits per heavy atom. The van der Waals surface area contributed by atoms with Gasteiger partial charge in [0.2, 0.25) is 0 Å². The fraction of sp³-hybridized carbons (Fsp3) is 0.462. The Labute approximate surface area is 105 Å². The van der Waals surface area contributed by atoms with Gasteiger partial charge in [-0.15, -0.1) is 0 Å². The molecule has 0 radical (unpaired) electrons. The maximum atomic E-state index is 5.46. The van der Waals surface area contributed by atoms with Gasteiger partial charge in [0.05, 0.1) is 0 Å². The Kier molecular flexibility index (Phi) is 2.97. The second-order valence-electron chi connectivity index (χ2n) is 4.53. The molecule has 90 valence electrons. The zero-order valence-corrected chi connectivity index (χ0v) is 10.7. The van der Waals surface area contributed by atoms with Crippen molar-refractivity contribution < 1.29 is 4.42 Å².